The van der Waals surface area contributed by atoms with E-state index in [2.05, 4.69) is 53.8 Å². The summed E-state index contributed by atoms with van der Waals surface area (Å²) < 4.78 is 2.31. The number of nitrogens with one attached hydrogen (secondary N) is 1. The Balaban J connectivity index is 2.24. The maximum absolute atomic E-state index is 4.48. The lowest BCUT2D eigenvalue weighted by Crippen LogP contribution is -2.30. The van der Waals surface area contributed by atoms with Gasteiger partial charge in [0.05, 0.1) is 17.4 Å². The van der Waals surface area contributed by atoms with Gasteiger partial charge in [-0.3, -0.25) is 0 Å². The van der Waals surface area contributed by atoms with Crippen molar-refractivity contribution in [2.75, 3.05) is 6.54 Å². The zero-order valence-corrected chi connectivity index (χ0v) is 11.6. The van der Waals surface area contributed by atoms with Gasteiger partial charge in [0.1, 0.15) is 0 Å². The zero-order valence-electron chi connectivity index (χ0n) is 11.6. The van der Waals surface area contributed by atoms with Crippen molar-refractivity contribution < 1.29 is 0 Å². The third-order valence-corrected chi connectivity index (χ3v) is 3.26. The normalized spacial score (nSPS) is 13.3. The molecule has 0 bridgehead atoms. The maximum Gasteiger partial charge on any atom is 0.0961 e. The molecule has 98 valence electrons. The van der Waals surface area contributed by atoms with Crippen LogP contribution in [0.1, 0.15) is 39.7 Å². The fraction of sp³-hybridized carbons (Fsp3) is 0.533. The highest BCUT2D eigenvalue weighted by Gasteiger charge is 2.13. The Morgan fingerprint density at radius 3 is 2.78 bits per heavy atom. The van der Waals surface area contributed by atoms with E-state index in [1.807, 2.05) is 12.4 Å². The first-order valence-electron chi connectivity index (χ1n) is 6.87. The lowest BCUT2D eigenvalue weighted by Gasteiger charge is -2.21. The summed E-state index contributed by atoms with van der Waals surface area (Å²) in [5.41, 5.74) is 2.32. The summed E-state index contributed by atoms with van der Waals surface area (Å²) in [5.74, 6) is 0. The first kappa shape index (κ1) is 13.1. The predicted molar refractivity (Wildman–Crippen MR) is 76.8 cm³/mol. The molecule has 1 N–H and O–H groups in total. The lowest BCUT2D eigenvalue weighted by molar-refractivity contribution is 0.418. The number of para-hydroxylation sites is 2. The number of hydrogen-bond donors (Lipinski definition) is 1. The van der Waals surface area contributed by atoms with Crippen LogP contribution in [0.25, 0.3) is 11.0 Å². The lowest BCUT2D eigenvalue weighted by atomic mass is 10.1. The van der Waals surface area contributed by atoms with E-state index >= 15 is 0 Å². The standard InChI is InChI=1S/C15H23N3/c1-4-7-13(10-16-12(2)3)18-11-17-14-8-5-6-9-15(14)18/h5-6,8-9,11-13,16H,4,7,10H2,1-3H3. The zero-order chi connectivity index (χ0) is 13.0. The molecule has 0 saturated carbocycles. The van der Waals surface area contributed by atoms with Gasteiger partial charge in [-0.1, -0.05) is 39.3 Å². The summed E-state index contributed by atoms with van der Waals surface area (Å²) in [4.78, 5) is 4.48. The van der Waals surface area contributed by atoms with Gasteiger partial charge in [0.15, 0.2) is 0 Å². The SMILES string of the molecule is CCCC(CNC(C)C)n1cnc2ccccc21. The van der Waals surface area contributed by atoms with Gasteiger partial charge in [-0.2, -0.15) is 0 Å². The number of aromatic nitrogens is 2. The molecular formula is C15H23N3. The molecule has 1 aromatic heterocycles. The molecule has 0 radical (unpaired) electrons. The van der Waals surface area contributed by atoms with Crippen molar-refractivity contribution in [1.29, 1.82) is 0 Å². The van der Waals surface area contributed by atoms with Gasteiger partial charge in [-0.05, 0) is 18.6 Å². The molecule has 1 aromatic carbocycles. The van der Waals surface area contributed by atoms with Crippen LogP contribution >= 0.6 is 0 Å². The molecule has 0 saturated heterocycles. The maximum atomic E-state index is 4.48. The first-order chi connectivity index (χ1) is 8.72. The molecule has 0 aliphatic rings. The number of nitrogens with zero attached hydrogens (tertiary/aromatic N) is 2. The topological polar surface area (TPSA) is 29.9 Å². The molecule has 1 atom stereocenters. The summed E-state index contributed by atoms with van der Waals surface area (Å²) in [7, 11) is 0. The van der Waals surface area contributed by atoms with E-state index in [0.29, 0.717) is 12.1 Å². The van der Waals surface area contributed by atoms with Crippen LogP contribution in [0.5, 0.6) is 0 Å². The minimum Gasteiger partial charge on any atom is -0.326 e. The molecule has 0 spiro atoms. The predicted octanol–water partition coefficient (Wildman–Crippen LogP) is 3.38. The third kappa shape index (κ3) is 2.91. The number of benzene rings is 1. The number of imidazole rings is 1. The van der Waals surface area contributed by atoms with Crippen LogP contribution < -0.4 is 5.32 Å². The number of hydrogen-bond acceptors (Lipinski definition) is 2. The van der Waals surface area contributed by atoms with Crippen molar-refractivity contribution >= 4 is 11.0 Å². The highest BCUT2D eigenvalue weighted by molar-refractivity contribution is 5.75. The van der Waals surface area contributed by atoms with E-state index < -0.39 is 0 Å². The van der Waals surface area contributed by atoms with E-state index in [0.717, 1.165) is 12.1 Å². The minimum absolute atomic E-state index is 0.491. The number of fused-ring (bicyclic) bond motifs is 1. The van der Waals surface area contributed by atoms with E-state index in [4.69, 9.17) is 0 Å². The number of rotatable bonds is 6. The Kier molecular flexibility index (Phi) is 4.37. The molecule has 1 heterocycles. The molecule has 0 fully saturated rings. The van der Waals surface area contributed by atoms with Gasteiger partial charge < -0.3 is 9.88 Å². The second-order valence-corrected chi connectivity index (χ2v) is 5.15. The van der Waals surface area contributed by atoms with E-state index in [1.54, 1.807) is 0 Å². The Labute approximate surface area is 109 Å². The highest BCUT2D eigenvalue weighted by Crippen LogP contribution is 2.20. The Bertz CT molecular complexity index is 487. The van der Waals surface area contributed by atoms with Gasteiger partial charge in [-0.25, -0.2) is 4.98 Å². The van der Waals surface area contributed by atoms with Crippen LogP contribution in [0.15, 0.2) is 30.6 Å². The largest absolute Gasteiger partial charge is 0.326 e. The van der Waals surface area contributed by atoms with Crippen LogP contribution in [0.4, 0.5) is 0 Å². The van der Waals surface area contributed by atoms with Crippen molar-refractivity contribution in [3.63, 3.8) is 0 Å². The molecule has 3 heteroatoms. The fourth-order valence-electron chi connectivity index (χ4n) is 2.31. The fourth-order valence-corrected chi connectivity index (χ4v) is 2.31. The molecule has 2 rings (SSSR count). The van der Waals surface area contributed by atoms with Crippen molar-refractivity contribution in [3.05, 3.63) is 30.6 Å². The van der Waals surface area contributed by atoms with Crippen molar-refractivity contribution in [2.45, 2.75) is 45.7 Å². The Morgan fingerprint density at radius 2 is 2.06 bits per heavy atom. The van der Waals surface area contributed by atoms with Crippen LogP contribution in [-0.4, -0.2) is 22.1 Å². The second kappa shape index (κ2) is 6.01. The molecule has 1 unspecified atom stereocenters. The van der Waals surface area contributed by atoms with Crippen LogP contribution in [-0.2, 0) is 0 Å². The summed E-state index contributed by atoms with van der Waals surface area (Å²) in [5, 5.41) is 3.53. The van der Waals surface area contributed by atoms with Gasteiger partial charge in [-0.15, -0.1) is 0 Å². The van der Waals surface area contributed by atoms with Crippen LogP contribution in [0.2, 0.25) is 0 Å². The molecule has 0 aliphatic heterocycles. The Hall–Kier alpha value is -1.35. The monoisotopic (exact) mass is 245 g/mol. The Morgan fingerprint density at radius 1 is 1.28 bits per heavy atom. The van der Waals surface area contributed by atoms with E-state index in [9.17, 15) is 0 Å². The molecular weight excluding hydrogens is 222 g/mol. The molecule has 0 aliphatic carbocycles. The molecule has 3 nitrogen and oxygen atoms in total. The molecule has 2 aromatic rings. The molecule has 18 heavy (non-hydrogen) atoms. The molecule has 0 amide bonds. The van der Waals surface area contributed by atoms with E-state index in [-0.39, 0.29) is 0 Å². The van der Waals surface area contributed by atoms with Gasteiger partial charge >= 0.3 is 0 Å². The minimum atomic E-state index is 0.491. The average molecular weight is 245 g/mol. The quantitative estimate of drug-likeness (QED) is 0.845. The third-order valence-electron chi connectivity index (χ3n) is 3.26. The van der Waals surface area contributed by atoms with Gasteiger partial charge in [0.2, 0.25) is 0 Å². The van der Waals surface area contributed by atoms with Crippen molar-refractivity contribution in [1.82, 2.24) is 14.9 Å². The van der Waals surface area contributed by atoms with Crippen LogP contribution in [0, 0.1) is 0 Å². The first-order valence-corrected chi connectivity index (χ1v) is 6.87. The average Bonchev–Trinajstić information content (AvgIpc) is 2.78. The smallest absolute Gasteiger partial charge is 0.0961 e. The van der Waals surface area contributed by atoms with Crippen LogP contribution in [0.3, 0.4) is 0 Å². The second-order valence-electron chi connectivity index (χ2n) is 5.15. The van der Waals surface area contributed by atoms with E-state index in [1.165, 1.54) is 18.4 Å². The summed E-state index contributed by atoms with van der Waals surface area (Å²) in [6, 6.07) is 9.37. The highest BCUT2D eigenvalue weighted by atomic mass is 15.1. The van der Waals surface area contributed by atoms with Gasteiger partial charge in [0, 0.05) is 18.6 Å². The summed E-state index contributed by atoms with van der Waals surface area (Å²) in [6.07, 6.45) is 4.35. The summed E-state index contributed by atoms with van der Waals surface area (Å²) >= 11 is 0. The van der Waals surface area contributed by atoms with Crippen molar-refractivity contribution in [2.24, 2.45) is 0 Å². The van der Waals surface area contributed by atoms with Crippen molar-refractivity contribution in [3.8, 4) is 0 Å². The summed E-state index contributed by atoms with van der Waals surface area (Å²) in [6.45, 7) is 7.62. The van der Waals surface area contributed by atoms with Gasteiger partial charge in [0.25, 0.3) is 0 Å².